The van der Waals surface area contributed by atoms with Crippen LogP contribution in [0.25, 0.3) is 0 Å². The van der Waals surface area contributed by atoms with E-state index in [1.165, 1.54) is 5.56 Å². The number of hydrogen-bond acceptors (Lipinski definition) is 2. The van der Waals surface area contributed by atoms with Crippen LogP contribution in [-0.2, 0) is 6.54 Å². The summed E-state index contributed by atoms with van der Waals surface area (Å²) >= 11 is 0. The quantitative estimate of drug-likeness (QED) is 0.562. The molecule has 0 aliphatic carbocycles. The van der Waals surface area contributed by atoms with Gasteiger partial charge in [0.1, 0.15) is 5.75 Å². The van der Waals surface area contributed by atoms with Crippen LogP contribution in [0.5, 0.6) is 5.75 Å². The van der Waals surface area contributed by atoms with Gasteiger partial charge in [0.15, 0.2) is 0 Å². The first-order valence-electron chi connectivity index (χ1n) is 5.75. The zero-order valence-corrected chi connectivity index (χ0v) is 10.2. The summed E-state index contributed by atoms with van der Waals surface area (Å²) in [5, 5.41) is 3.26. The fourth-order valence-electron chi connectivity index (χ4n) is 1.28. The number of nitrogens with one attached hydrogen (secondary N) is 1. The molecule has 0 fully saturated rings. The van der Waals surface area contributed by atoms with E-state index in [0.29, 0.717) is 5.92 Å². The van der Waals surface area contributed by atoms with Gasteiger partial charge in [0.05, 0.1) is 6.61 Å². The molecule has 1 N–H and O–H groups in total. The first-order chi connectivity index (χ1) is 7.72. The van der Waals surface area contributed by atoms with Crippen molar-refractivity contribution >= 4 is 0 Å². The fourth-order valence-corrected chi connectivity index (χ4v) is 1.28. The Kier molecular flexibility index (Phi) is 5.65. The highest BCUT2D eigenvalue weighted by Crippen LogP contribution is 2.13. The van der Waals surface area contributed by atoms with E-state index in [9.17, 15) is 0 Å². The van der Waals surface area contributed by atoms with Crippen LogP contribution in [0.2, 0.25) is 0 Å². The van der Waals surface area contributed by atoms with E-state index in [4.69, 9.17) is 4.74 Å². The molecule has 0 aliphatic heterocycles. The molecule has 1 aromatic carbocycles. The third-order valence-corrected chi connectivity index (χ3v) is 2.12. The largest absolute Gasteiger partial charge is 0.493 e. The summed E-state index contributed by atoms with van der Waals surface area (Å²) in [7, 11) is 0. The van der Waals surface area contributed by atoms with Gasteiger partial charge in [-0.2, -0.15) is 0 Å². The van der Waals surface area contributed by atoms with Crippen LogP contribution < -0.4 is 10.1 Å². The highest BCUT2D eigenvalue weighted by Gasteiger charge is 1.97. The highest BCUT2D eigenvalue weighted by molar-refractivity contribution is 5.27. The van der Waals surface area contributed by atoms with Crippen LogP contribution in [0.4, 0.5) is 0 Å². The lowest BCUT2D eigenvalue weighted by Crippen LogP contribution is -2.12. The van der Waals surface area contributed by atoms with E-state index < -0.39 is 0 Å². The summed E-state index contributed by atoms with van der Waals surface area (Å²) in [6.45, 7) is 10.4. The second kappa shape index (κ2) is 7.07. The molecule has 0 saturated carbocycles. The van der Waals surface area contributed by atoms with Crippen LogP contribution in [-0.4, -0.2) is 13.2 Å². The van der Waals surface area contributed by atoms with Gasteiger partial charge in [-0.25, -0.2) is 0 Å². The van der Waals surface area contributed by atoms with E-state index in [1.807, 2.05) is 18.2 Å². The van der Waals surface area contributed by atoms with Crippen molar-refractivity contribution in [3.63, 3.8) is 0 Å². The molecule has 0 aromatic heterocycles. The molecule has 1 rings (SSSR count). The number of benzene rings is 1. The van der Waals surface area contributed by atoms with Crippen LogP contribution >= 0.6 is 0 Å². The average Bonchev–Trinajstić information content (AvgIpc) is 2.28. The molecule has 88 valence electrons. The summed E-state index contributed by atoms with van der Waals surface area (Å²) in [6.07, 6.45) is 1.86. The molecule has 0 radical (unpaired) electrons. The normalized spacial score (nSPS) is 10.4. The van der Waals surface area contributed by atoms with Crippen molar-refractivity contribution in [2.45, 2.75) is 20.4 Å². The molecule has 0 bridgehead atoms. The van der Waals surface area contributed by atoms with E-state index in [1.54, 1.807) is 0 Å². The number of rotatable bonds is 7. The van der Waals surface area contributed by atoms with Crippen molar-refractivity contribution in [3.05, 3.63) is 42.5 Å². The maximum absolute atomic E-state index is 5.61. The molecule has 0 atom stereocenters. The molecule has 0 unspecified atom stereocenters. The Morgan fingerprint density at radius 3 is 2.56 bits per heavy atom. The third kappa shape index (κ3) is 4.99. The minimum absolute atomic E-state index is 0.564. The lowest BCUT2D eigenvalue weighted by Gasteiger charge is -2.09. The topological polar surface area (TPSA) is 21.3 Å². The highest BCUT2D eigenvalue weighted by atomic mass is 16.5. The molecule has 2 nitrogen and oxygen atoms in total. The van der Waals surface area contributed by atoms with Gasteiger partial charge in [-0.15, -0.1) is 6.58 Å². The Morgan fingerprint density at radius 1 is 1.31 bits per heavy atom. The van der Waals surface area contributed by atoms with Gasteiger partial charge >= 0.3 is 0 Å². The molecule has 2 heteroatoms. The Hall–Kier alpha value is -1.28. The first-order valence-corrected chi connectivity index (χ1v) is 5.75. The van der Waals surface area contributed by atoms with E-state index in [2.05, 4.69) is 37.9 Å². The minimum Gasteiger partial charge on any atom is -0.493 e. The summed E-state index contributed by atoms with van der Waals surface area (Å²) in [6, 6.07) is 8.22. The zero-order chi connectivity index (χ0) is 11.8. The predicted octanol–water partition coefficient (Wildman–Crippen LogP) is 3.00. The van der Waals surface area contributed by atoms with Gasteiger partial charge in [-0.05, 0) is 23.6 Å². The van der Waals surface area contributed by atoms with E-state index >= 15 is 0 Å². The van der Waals surface area contributed by atoms with Gasteiger partial charge < -0.3 is 10.1 Å². The van der Waals surface area contributed by atoms with E-state index in [0.717, 1.165) is 25.4 Å². The monoisotopic (exact) mass is 219 g/mol. The van der Waals surface area contributed by atoms with Gasteiger partial charge in [0, 0.05) is 13.1 Å². The standard InChI is InChI=1S/C14H21NO/c1-4-9-15-10-13-5-7-14(8-6-13)16-11-12(2)3/h4-8,12,15H,1,9-11H2,2-3H3. The smallest absolute Gasteiger partial charge is 0.119 e. The maximum atomic E-state index is 5.61. The third-order valence-electron chi connectivity index (χ3n) is 2.12. The predicted molar refractivity (Wildman–Crippen MR) is 68.7 cm³/mol. The summed E-state index contributed by atoms with van der Waals surface area (Å²) in [5.74, 6) is 1.51. The Bertz CT molecular complexity index is 303. The van der Waals surface area contributed by atoms with E-state index in [-0.39, 0.29) is 0 Å². The van der Waals surface area contributed by atoms with Gasteiger partial charge in [0.25, 0.3) is 0 Å². The molecule has 16 heavy (non-hydrogen) atoms. The second-order valence-electron chi connectivity index (χ2n) is 4.27. The van der Waals surface area contributed by atoms with Crippen LogP contribution in [0.3, 0.4) is 0 Å². The summed E-state index contributed by atoms with van der Waals surface area (Å²) in [4.78, 5) is 0. The first kappa shape index (κ1) is 12.8. The van der Waals surface area contributed by atoms with Gasteiger partial charge in [-0.3, -0.25) is 0 Å². The Labute approximate surface area is 98.3 Å². The zero-order valence-electron chi connectivity index (χ0n) is 10.2. The van der Waals surface area contributed by atoms with Crippen molar-refractivity contribution < 1.29 is 4.74 Å². The molecule has 0 heterocycles. The number of ether oxygens (including phenoxy) is 1. The Morgan fingerprint density at radius 2 is 2.00 bits per heavy atom. The van der Waals surface area contributed by atoms with Crippen LogP contribution in [0.1, 0.15) is 19.4 Å². The van der Waals surface area contributed by atoms with Crippen molar-refractivity contribution in [1.29, 1.82) is 0 Å². The Balaban J connectivity index is 2.38. The van der Waals surface area contributed by atoms with Crippen molar-refractivity contribution in [2.75, 3.05) is 13.2 Å². The minimum atomic E-state index is 0.564. The lowest BCUT2D eigenvalue weighted by atomic mass is 10.2. The van der Waals surface area contributed by atoms with Crippen LogP contribution in [0.15, 0.2) is 36.9 Å². The molecule has 0 saturated heterocycles. The summed E-state index contributed by atoms with van der Waals surface area (Å²) < 4.78 is 5.61. The molecule has 0 spiro atoms. The average molecular weight is 219 g/mol. The van der Waals surface area contributed by atoms with Crippen molar-refractivity contribution in [2.24, 2.45) is 5.92 Å². The van der Waals surface area contributed by atoms with Crippen molar-refractivity contribution in [3.8, 4) is 5.75 Å². The SMILES string of the molecule is C=CCNCc1ccc(OCC(C)C)cc1. The molecule has 1 aromatic rings. The lowest BCUT2D eigenvalue weighted by molar-refractivity contribution is 0.271. The second-order valence-corrected chi connectivity index (χ2v) is 4.27. The molecular formula is C14H21NO. The maximum Gasteiger partial charge on any atom is 0.119 e. The van der Waals surface area contributed by atoms with Crippen LogP contribution in [0, 0.1) is 5.92 Å². The molecule has 0 aliphatic rings. The van der Waals surface area contributed by atoms with Gasteiger partial charge in [0.2, 0.25) is 0 Å². The molecular weight excluding hydrogens is 198 g/mol. The van der Waals surface area contributed by atoms with Gasteiger partial charge in [-0.1, -0.05) is 32.1 Å². The fraction of sp³-hybridized carbons (Fsp3) is 0.429. The number of hydrogen-bond donors (Lipinski definition) is 1. The molecule has 0 amide bonds. The summed E-state index contributed by atoms with van der Waals surface area (Å²) in [5.41, 5.74) is 1.26. The van der Waals surface area contributed by atoms with Crippen molar-refractivity contribution in [1.82, 2.24) is 5.32 Å².